The zero-order chi connectivity index (χ0) is 13.4. The summed E-state index contributed by atoms with van der Waals surface area (Å²) in [4.78, 5) is 16.5. The molecule has 1 amide bonds. The van der Waals surface area contributed by atoms with Crippen LogP contribution in [0.2, 0.25) is 0 Å². The van der Waals surface area contributed by atoms with E-state index in [1.54, 1.807) is 0 Å². The Balaban J connectivity index is 2.48. The smallest absolute Gasteiger partial charge is 0.265 e. The number of nitrogens with two attached hydrogens (primary N) is 1. The van der Waals surface area contributed by atoms with Crippen LogP contribution in [0.3, 0.4) is 0 Å². The molecule has 1 rings (SSSR count). The first-order valence-electron chi connectivity index (χ1n) is 6.47. The summed E-state index contributed by atoms with van der Waals surface area (Å²) in [6, 6.07) is 0. The molecule has 0 aliphatic heterocycles. The van der Waals surface area contributed by atoms with E-state index in [0.717, 1.165) is 32.2 Å². The number of rotatable bonds is 8. The third kappa shape index (κ3) is 4.52. The molecule has 6 heteroatoms. The van der Waals surface area contributed by atoms with Crippen molar-refractivity contribution in [2.75, 3.05) is 24.1 Å². The van der Waals surface area contributed by atoms with Gasteiger partial charge in [0.25, 0.3) is 5.91 Å². The maximum Gasteiger partial charge on any atom is 0.265 e. The summed E-state index contributed by atoms with van der Waals surface area (Å²) in [5.41, 5.74) is 5.74. The number of aromatic nitrogens is 1. The molecular weight excluding hydrogens is 248 g/mol. The second-order valence-electron chi connectivity index (χ2n) is 4.12. The molecule has 0 bridgehead atoms. The van der Waals surface area contributed by atoms with Gasteiger partial charge in [0, 0.05) is 13.1 Å². The average Bonchev–Trinajstić information content (AvgIpc) is 2.73. The van der Waals surface area contributed by atoms with Crippen molar-refractivity contribution in [3.05, 3.63) is 4.88 Å². The first-order chi connectivity index (χ1) is 8.69. The van der Waals surface area contributed by atoms with Crippen LogP contribution >= 0.6 is 11.3 Å². The molecule has 18 heavy (non-hydrogen) atoms. The van der Waals surface area contributed by atoms with Crippen molar-refractivity contribution < 1.29 is 4.79 Å². The van der Waals surface area contributed by atoms with E-state index >= 15 is 0 Å². The van der Waals surface area contributed by atoms with Gasteiger partial charge in [-0.05, 0) is 12.8 Å². The fourth-order valence-electron chi connectivity index (χ4n) is 1.46. The van der Waals surface area contributed by atoms with Crippen LogP contribution in [0.1, 0.15) is 49.2 Å². The largest absolute Gasteiger partial charge is 0.382 e. The Morgan fingerprint density at radius 3 is 2.72 bits per heavy atom. The number of nitrogen functional groups attached to an aromatic ring is 1. The molecule has 1 aromatic heterocycles. The van der Waals surface area contributed by atoms with Crippen LogP contribution in [-0.4, -0.2) is 24.0 Å². The van der Waals surface area contributed by atoms with Gasteiger partial charge in [-0.1, -0.05) is 38.0 Å². The van der Waals surface area contributed by atoms with Gasteiger partial charge in [0.2, 0.25) is 0 Å². The minimum absolute atomic E-state index is 0.120. The Morgan fingerprint density at radius 2 is 2.06 bits per heavy atom. The number of thiazole rings is 1. The maximum absolute atomic E-state index is 11.9. The standard InChI is InChI=1S/C12H22N4OS/c1-3-5-6-8-14-11(17)9-10(13)16-12(18-9)15-7-4-2/h3-8,13H2,1-2H3,(H,14,17)(H,15,16). The Morgan fingerprint density at radius 1 is 1.28 bits per heavy atom. The Labute approximate surface area is 112 Å². The molecule has 0 aliphatic rings. The van der Waals surface area contributed by atoms with E-state index in [9.17, 15) is 4.79 Å². The van der Waals surface area contributed by atoms with E-state index in [4.69, 9.17) is 5.73 Å². The van der Waals surface area contributed by atoms with Crippen LogP contribution in [0.4, 0.5) is 10.9 Å². The Kier molecular flexibility index (Phi) is 6.49. The van der Waals surface area contributed by atoms with Crippen LogP contribution in [-0.2, 0) is 0 Å². The van der Waals surface area contributed by atoms with E-state index in [1.807, 2.05) is 0 Å². The highest BCUT2D eigenvalue weighted by molar-refractivity contribution is 7.18. The highest BCUT2D eigenvalue weighted by Gasteiger charge is 2.15. The summed E-state index contributed by atoms with van der Waals surface area (Å²) >= 11 is 1.31. The highest BCUT2D eigenvalue weighted by Crippen LogP contribution is 2.24. The quantitative estimate of drug-likeness (QED) is 0.634. The van der Waals surface area contributed by atoms with Crippen molar-refractivity contribution in [1.82, 2.24) is 10.3 Å². The maximum atomic E-state index is 11.9. The predicted octanol–water partition coefficient (Wildman–Crippen LogP) is 2.47. The average molecular weight is 270 g/mol. The van der Waals surface area contributed by atoms with Crippen LogP contribution in [0.25, 0.3) is 0 Å². The zero-order valence-electron chi connectivity index (χ0n) is 11.1. The Bertz CT molecular complexity index is 378. The van der Waals surface area contributed by atoms with E-state index in [2.05, 4.69) is 29.5 Å². The summed E-state index contributed by atoms with van der Waals surface area (Å²) in [6.45, 7) is 5.74. The number of anilines is 2. The highest BCUT2D eigenvalue weighted by atomic mass is 32.1. The molecule has 0 atom stereocenters. The summed E-state index contributed by atoms with van der Waals surface area (Å²) in [7, 11) is 0. The number of amides is 1. The molecule has 5 nitrogen and oxygen atoms in total. The van der Waals surface area contributed by atoms with Crippen molar-refractivity contribution in [3.63, 3.8) is 0 Å². The fraction of sp³-hybridized carbons (Fsp3) is 0.667. The normalized spacial score (nSPS) is 10.3. The van der Waals surface area contributed by atoms with Crippen molar-refractivity contribution in [1.29, 1.82) is 0 Å². The lowest BCUT2D eigenvalue weighted by Crippen LogP contribution is -2.24. The van der Waals surface area contributed by atoms with E-state index in [1.165, 1.54) is 11.3 Å². The number of carbonyl (C=O) groups is 1. The minimum Gasteiger partial charge on any atom is -0.382 e. The molecule has 0 saturated carbocycles. The second kappa shape index (κ2) is 7.92. The minimum atomic E-state index is -0.120. The number of nitrogens with one attached hydrogen (secondary N) is 2. The molecule has 102 valence electrons. The van der Waals surface area contributed by atoms with Gasteiger partial charge < -0.3 is 16.4 Å². The van der Waals surface area contributed by atoms with Crippen molar-refractivity contribution >= 4 is 28.2 Å². The first kappa shape index (κ1) is 14.8. The fourth-order valence-corrected chi connectivity index (χ4v) is 2.29. The molecule has 0 unspecified atom stereocenters. The molecule has 0 aliphatic carbocycles. The van der Waals surface area contributed by atoms with Crippen molar-refractivity contribution in [2.24, 2.45) is 0 Å². The second-order valence-corrected chi connectivity index (χ2v) is 5.12. The third-order valence-corrected chi connectivity index (χ3v) is 3.48. The van der Waals surface area contributed by atoms with Gasteiger partial charge in [-0.25, -0.2) is 4.98 Å². The molecule has 1 heterocycles. The Hall–Kier alpha value is -1.30. The molecule has 1 aromatic rings. The van der Waals surface area contributed by atoms with Gasteiger partial charge in [-0.2, -0.15) is 0 Å². The van der Waals surface area contributed by atoms with Gasteiger partial charge in [0.15, 0.2) is 5.13 Å². The lowest BCUT2D eigenvalue weighted by Gasteiger charge is -2.02. The van der Waals surface area contributed by atoms with E-state index in [0.29, 0.717) is 22.4 Å². The summed E-state index contributed by atoms with van der Waals surface area (Å²) < 4.78 is 0. The number of hydrogen-bond acceptors (Lipinski definition) is 5. The van der Waals surface area contributed by atoms with Gasteiger partial charge in [0.05, 0.1) is 0 Å². The first-order valence-corrected chi connectivity index (χ1v) is 7.29. The molecule has 0 spiro atoms. The lowest BCUT2D eigenvalue weighted by molar-refractivity contribution is 0.0957. The van der Waals surface area contributed by atoms with Crippen LogP contribution in [0.5, 0.6) is 0 Å². The van der Waals surface area contributed by atoms with Crippen LogP contribution in [0.15, 0.2) is 0 Å². The molecule has 0 fully saturated rings. The molecular formula is C12H22N4OS. The summed E-state index contributed by atoms with van der Waals surface area (Å²) in [5, 5.41) is 6.72. The number of carbonyl (C=O) groups excluding carboxylic acids is 1. The molecule has 0 radical (unpaired) electrons. The summed E-state index contributed by atoms with van der Waals surface area (Å²) in [5.74, 6) is 0.192. The van der Waals surface area contributed by atoms with Crippen LogP contribution in [0, 0.1) is 0 Å². The monoisotopic (exact) mass is 270 g/mol. The van der Waals surface area contributed by atoms with Crippen LogP contribution < -0.4 is 16.4 Å². The third-order valence-electron chi connectivity index (χ3n) is 2.45. The molecule has 0 saturated heterocycles. The number of nitrogens with zero attached hydrogens (tertiary/aromatic N) is 1. The topological polar surface area (TPSA) is 80.0 Å². The van der Waals surface area contributed by atoms with Gasteiger partial charge >= 0.3 is 0 Å². The van der Waals surface area contributed by atoms with Gasteiger partial charge in [-0.15, -0.1) is 0 Å². The predicted molar refractivity (Wildman–Crippen MR) is 77.2 cm³/mol. The van der Waals surface area contributed by atoms with E-state index in [-0.39, 0.29) is 5.91 Å². The molecule has 4 N–H and O–H groups in total. The van der Waals surface area contributed by atoms with E-state index < -0.39 is 0 Å². The number of hydrogen-bond donors (Lipinski definition) is 3. The summed E-state index contributed by atoms with van der Waals surface area (Å²) in [6.07, 6.45) is 4.28. The molecule has 0 aromatic carbocycles. The number of unbranched alkanes of at least 4 members (excludes halogenated alkanes) is 2. The van der Waals surface area contributed by atoms with Crippen molar-refractivity contribution in [2.45, 2.75) is 39.5 Å². The van der Waals surface area contributed by atoms with Gasteiger partial charge in [-0.3, -0.25) is 4.79 Å². The van der Waals surface area contributed by atoms with Crippen molar-refractivity contribution in [3.8, 4) is 0 Å². The van der Waals surface area contributed by atoms with Gasteiger partial charge in [0.1, 0.15) is 10.7 Å². The SMILES string of the molecule is CCCCCNC(=O)c1sc(NCCC)nc1N. The lowest BCUT2D eigenvalue weighted by atomic mass is 10.2. The zero-order valence-corrected chi connectivity index (χ0v) is 11.9.